The molecule has 0 saturated carbocycles. The third-order valence-corrected chi connectivity index (χ3v) is 4.02. The largest absolute Gasteiger partial charge is 0.449 e. The second-order valence-corrected chi connectivity index (χ2v) is 5.80. The fourth-order valence-corrected chi connectivity index (χ4v) is 2.35. The van der Waals surface area contributed by atoms with Gasteiger partial charge >= 0.3 is 5.97 Å². The number of rotatable bonds is 6. The maximum atomic E-state index is 12.4. The van der Waals surface area contributed by atoms with Crippen molar-refractivity contribution in [2.24, 2.45) is 0 Å². The number of hydrogen-bond donors (Lipinski definition) is 1. The molecular weight excluding hydrogens is 302 g/mol. The van der Waals surface area contributed by atoms with Crippen molar-refractivity contribution >= 4 is 17.6 Å². The number of carbonyl (C=O) groups is 2. The molecule has 126 valence electrons. The molecule has 2 rings (SSSR count). The topological polar surface area (TPSA) is 55.4 Å². The van der Waals surface area contributed by atoms with Crippen LogP contribution in [0.4, 0.5) is 5.69 Å². The summed E-state index contributed by atoms with van der Waals surface area (Å²) in [6.07, 6.45) is 0.105. The van der Waals surface area contributed by atoms with Crippen LogP contribution >= 0.6 is 0 Å². The van der Waals surface area contributed by atoms with Gasteiger partial charge in [0.15, 0.2) is 6.10 Å². The third kappa shape index (κ3) is 4.44. The molecule has 2 aromatic rings. The van der Waals surface area contributed by atoms with Crippen molar-refractivity contribution in [1.82, 2.24) is 0 Å². The number of para-hydroxylation sites is 1. The van der Waals surface area contributed by atoms with E-state index in [2.05, 4.69) is 19.2 Å². The highest BCUT2D eigenvalue weighted by atomic mass is 16.5. The summed E-state index contributed by atoms with van der Waals surface area (Å²) in [5, 5.41) is 2.87. The molecule has 0 aromatic heterocycles. The van der Waals surface area contributed by atoms with Gasteiger partial charge in [0, 0.05) is 5.69 Å². The van der Waals surface area contributed by atoms with Gasteiger partial charge in [0.25, 0.3) is 5.91 Å². The van der Waals surface area contributed by atoms with Crippen molar-refractivity contribution in [3.63, 3.8) is 0 Å². The first kappa shape index (κ1) is 17.7. The van der Waals surface area contributed by atoms with E-state index in [1.807, 2.05) is 30.3 Å². The van der Waals surface area contributed by atoms with E-state index in [9.17, 15) is 9.59 Å². The predicted octanol–water partition coefficient (Wildman–Crippen LogP) is 4.38. The molecule has 1 amide bonds. The number of amides is 1. The maximum absolute atomic E-state index is 12.4. The second kappa shape index (κ2) is 8.29. The summed E-state index contributed by atoms with van der Waals surface area (Å²) in [4.78, 5) is 24.4. The molecule has 0 aliphatic rings. The number of ether oxygens (including phenoxy) is 1. The van der Waals surface area contributed by atoms with Crippen LogP contribution in [0, 0.1) is 0 Å². The summed E-state index contributed by atoms with van der Waals surface area (Å²) in [6.45, 7) is 5.79. The van der Waals surface area contributed by atoms with Crippen molar-refractivity contribution in [3.8, 4) is 0 Å². The quantitative estimate of drug-likeness (QED) is 0.802. The number of hydrogen-bond acceptors (Lipinski definition) is 3. The SMILES string of the molecule is CC[C@H](C)c1ccccc1NC(=O)[C@H](C)OC(=O)c1ccccc1. The van der Waals surface area contributed by atoms with Gasteiger partial charge in [-0.1, -0.05) is 50.2 Å². The van der Waals surface area contributed by atoms with E-state index in [4.69, 9.17) is 4.74 Å². The summed E-state index contributed by atoms with van der Waals surface area (Å²) in [7, 11) is 0. The number of carbonyl (C=O) groups excluding carboxylic acids is 2. The van der Waals surface area contributed by atoms with Gasteiger partial charge in [-0.25, -0.2) is 4.79 Å². The Hall–Kier alpha value is -2.62. The molecule has 1 N–H and O–H groups in total. The Morgan fingerprint density at radius 1 is 1.00 bits per heavy atom. The van der Waals surface area contributed by atoms with E-state index in [0.29, 0.717) is 11.5 Å². The van der Waals surface area contributed by atoms with Crippen molar-refractivity contribution < 1.29 is 14.3 Å². The molecule has 0 radical (unpaired) electrons. The molecule has 2 atom stereocenters. The van der Waals surface area contributed by atoms with Gasteiger partial charge in [0.2, 0.25) is 0 Å². The van der Waals surface area contributed by atoms with E-state index in [-0.39, 0.29) is 5.91 Å². The zero-order valence-electron chi connectivity index (χ0n) is 14.3. The van der Waals surface area contributed by atoms with Crippen LogP contribution in [0.25, 0.3) is 0 Å². The Labute approximate surface area is 142 Å². The molecule has 4 nitrogen and oxygen atoms in total. The van der Waals surface area contributed by atoms with Crippen LogP contribution in [0.5, 0.6) is 0 Å². The number of nitrogens with one attached hydrogen (secondary N) is 1. The van der Waals surface area contributed by atoms with Crippen LogP contribution in [-0.4, -0.2) is 18.0 Å². The Kier molecular flexibility index (Phi) is 6.13. The predicted molar refractivity (Wildman–Crippen MR) is 95.1 cm³/mol. The van der Waals surface area contributed by atoms with E-state index in [0.717, 1.165) is 17.7 Å². The van der Waals surface area contributed by atoms with Crippen LogP contribution in [0.2, 0.25) is 0 Å². The van der Waals surface area contributed by atoms with Gasteiger partial charge in [0.05, 0.1) is 5.56 Å². The first-order chi connectivity index (χ1) is 11.5. The Morgan fingerprint density at radius 3 is 2.29 bits per heavy atom. The summed E-state index contributed by atoms with van der Waals surface area (Å²) in [5.74, 6) is -0.507. The van der Waals surface area contributed by atoms with E-state index < -0.39 is 12.1 Å². The fraction of sp³-hybridized carbons (Fsp3) is 0.300. The van der Waals surface area contributed by atoms with Crippen LogP contribution in [0.3, 0.4) is 0 Å². The highest BCUT2D eigenvalue weighted by molar-refractivity contribution is 5.97. The van der Waals surface area contributed by atoms with Crippen molar-refractivity contribution in [3.05, 3.63) is 65.7 Å². The molecule has 0 unspecified atom stereocenters. The summed E-state index contributed by atoms with van der Waals surface area (Å²) in [5.41, 5.74) is 2.27. The lowest BCUT2D eigenvalue weighted by Gasteiger charge is -2.18. The lowest BCUT2D eigenvalue weighted by Crippen LogP contribution is -2.30. The molecular formula is C20H23NO3. The molecule has 0 saturated heterocycles. The number of esters is 1. The molecule has 0 spiro atoms. The molecule has 24 heavy (non-hydrogen) atoms. The molecule has 0 aliphatic heterocycles. The molecule has 4 heteroatoms. The minimum atomic E-state index is -0.873. The highest BCUT2D eigenvalue weighted by Gasteiger charge is 2.20. The first-order valence-electron chi connectivity index (χ1n) is 8.18. The monoisotopic (exact) mass is 325 g/mol. The first-order valence-corrected chi connectivity index (χ1v) is 8.18. The van der Waals surface area contributed by atoms with Gasteiger partial charge in [-0.05, 0) is 43.0 Å². The highest BCUT2D eigenvalue weighted by Crippen LogP contribution is 2.26. The Morgan fingerprint density at radius 2 is 1.62 bits per heavy atom. The van der Waals surface area contributed by atoms with Crippen LogP contribution in [-0.2, 0) is 9.53 Å². The minimum absolute atomic E-state index is 0.337. The smallest absolute Gasteiger partial charge is 0.338 e. The molecule has 0 aliphatic carbocycles. The third-order valence-electron chi connectivity index (χ3n) is 4.02. The standard InChI is InChI=1S/C20H23NO3/c1-4-14(2)17-12-8-9-13-18(17)21-19(22)15(3)24-20(23)16-10-6-5-7-11-16/h5-15H,4H2,1-3H3,(H,21,22)/t14-,15-/m0/s1. The zero-order chi connectivity index (χ0) is 17.5. The summed E-state index contributed by atoms with van der Waals surface area (Å²) in [6, 6.07) is 16.3. The average Bonchev–Trinajstić information content (AvgIpc) is 2.62. The van der Waals surface area contributed by atoms with Gasteiger partial charge < -0.3 is 10.1 Å². The van der Waals surface area contributed by atoms with E-state index in [1.54, 1.807) is 31.2 Å². The van der Waals surface area contributed by atoms with Crippen LogP contribution in [0.1, 0.15) is 49.0 Å². The van der Waals surface area contributed by atoms with Crippen molar-refractivity contribution in [1.29, 1.82) is 0 Å². The lowest BCUT2D eigenvalue weighted by molar-refractivity contribution is -0.123. The number of anilines is 1. The van der Waals surface area contributed by atoms with Crippen LogP contribution in [0.15, 0.2) is 54.6 Å². The lowest BCUT2D eigenvalue weighted by atomic mass is 9.97. The average molecular weight is 325 g/mol. The maximum Gasteiger partial charge on any atom is 0.338 e. The van der Waals surface area contributed by atoms with Gasteiger partial charge in [-0.15, -0.1) is 0 Å². The summed E-state index contributed by atoms with van der Waals surface area (Å²) >= 11 is 0. The van der Waals surface area contributed by atoms with Crippen molar-refractivity contribution in [2.75, 3.05) is 5.32 Å². The normalized spacial score (nSPS) is 13.0. The molecule has 0 bridgehead atoms. The fourth-order valence-electron chi connectivity index (χ4n) is 2.35. The van der Waals surface area contributed by atoms with Gasteiger partial charge in [-0.2, -0.15) is 0 Å². The minimum Gasteiger partial charge on any atom is -0.449 e. The summed E-state index contributed by atoms with van der Waals surface area (Å²) < 4.78 is 5.25. The molecule has 2 aromatic carbocycles. The molecule has 0 heterocycles. The van der Waals surface area contributed by atoms with Crippen molar-refractivity contribution in [2.45, 2.75) is 39.2 Å². The van der Waals surface area contributed by atoms with Gasteiger partial charge in [0.1, 0.15) is 0 Å². The zero-order valence-corrected chi connectivity index (χ0v) is 14.3. The van der Waals surface area contributed by atoms with Crippen LogP contribution < -0.4 is 5.32 Å². The van der Waals surface area contributed by atoms with Gasteiger partial charge in [-0.3, -0.25) is 4.79 Å². The van der Waals surface area contributed by atoms with E-state index >= 15 is 0 Å². The Balaban J connectivity index is 2.03. The van der Waals surface area contributed by atoms with E-state index in [1.165, 1.54) is 0 Å². The Bertz CT molecular complexity index is 697. The molecule has 0 fully saturated rings. The second-order valence-electron chi connectivity index (χ2n) is 5.80. The number of benzene rings is 2.